The Morgan fingerprint density at radius 3 is 2.47 bits per heavy atom. The third kappa shape index (κ3) is 11.5. The van der Waals surface area contributed by atoms with Gasteiger partial charge in [0.1, 0.15) is 0 Å². The Morgan fingerprint density at radius 2 is 1.95 bits per heavy atom. The van der Waals surface area contributed by atoms with E-state index in [1.165, 1.54) is 0 Å². The molecule has 3 N–H and O–H groups in total. The van der Waals surface area contributed by atoms with E-state index in [1.54, 1.807) is 0 Å². The molecule has 2 amide bonds. The van der Waals surface area contributed by atoms with Crippen molar-refractivity contribution in [1.82, 2.24) is 10.6 Å². The number of aliphatic carboxylic acids is 1. The summed E-state index contributed by atoms with van der Waals surface area (Å²) < 4.78 is 5.38. The van der Waals surface area contributed by atoms with Crippen LogP contribution in [0.2, 0.25) is 0 Å². The summed E-state index contributed by atoms with van der Waals surface area (Å²) >= 11 is 0. The molecule has 112 valence electrons. The molecule has 0 aliphatic heterocycles. The van der Waals surface area contributed by atoms with Crippen LogP contribution in [0.3, 0.4) is 0 Å². The minimum Gasteiger partial charge on any atom is -0.481 e. The molecule has 6 heteroatoms. The molecule has 0 spiro atoms. The summed E-state index contributed by atoms with van der Waals surface area (Å²) in [5.74, 6) is -0.905. The molecule has 0 aromatic rings. The molecule has 6 nitrogen and oxygen atoms in total. The van der Waals surface area contributed by atoms with Crippen molar-refractivity contribution in [3.63, 3.8) is 0 Å². The first-order valence-corrected chi connectivity index (χ1v) is 6.83. The Bertz CT molecular complexity index is 269. The van der Waals surface area contributed by atoms with Gasteiger partial charge < -0.3 is 20.5 Å². The van der Waals surface area contributed by atoms with E-state index in [2.05, 4.69) is 10.6 Å². The number of urea groups is 1. The Labute approximate surface area is 114 Å². The van der Waals surface area contributed by atoms with Gasteiger partial charge >= 0.3 is 12.0 Å². The number of carboxylic acids is 1. The van der Waals surface area contributed by atoms with Gasteiger partial charge in [0.05, 0.1) is 12.5 Å². The van der Waals surface area contributed by atoms with Crippen molar-refractivity contribution >= 4 is 12.0 Å². The number of hydrogen-bond donors (Lipinski definition) is 3. The summed E-state index contributed by atoms with van der Waals surface area (Å²) in [6.07, 6.45) is 2.52. The number of ether oxygens (including phenoxy) is 1. The summed E-state index contributed by atoms with van der Waals surface area (Å²) in [5, 5.41) is 14.0. The molecule has 0 aromatic heterocycles. The zero-order chi connectivity index (χ0) is 14.7. The van der Waals surface area contributed by atoms with Crippen molar-refractivity contribution in [3.05, 3.63) is 0 Å². The number of rotatable bonds is 10. The Kier molecular flexibility index (Phi) is 9.88. The van der Waals surface area contributed by atoms with Gasteiger partial charge in [-0.2, -0.15) is 0 Å². The molecule has 0 saturated heterocycles. The van der Waals surface area contributed by atoms with E-state index in [-0.39, 0.29) is 24.6 Å². The lowest BCUT2D eigenvalue weighted by molar-refractivity contribution is -0.137. The SMILES string of the molecule is CCC(CC(=O)O)NC(=O)NCCCCOC(C)C. The lowest BCUT2D eigenvalue weighted by Crippen LogP contribution is -2.43. The molecule has 1 unspecified atom stereocenters. The molecular formula is C13H26N2O4. The van der Waals surface area contributed by atoms with Crippen LogP contribution in [0.5, 0.6) is 0 Å². The van der Waals surface area contributed by atoms with Gasteiger partial charge in [-0.3, -0.25) is 4.79 Å². The van der Waals surface area contributed by atoms with Gasteiger partial charge in [0.2, 0.25) is 0 Å². The summed E-state index contributed by atoms with van der Waals surface area (Å²) in [6.45, 7) is 7.07. The molecule has 0 fully saturated rings. The standard InChI is InChI=1S/C13H26N2O4/c1-4-11(9-12(16)17)15-13(18)14-7-5-6-8-19-10(2)3/h10-11H,4-9H2,1-3H3,(H,16,17)(H2,14,15,18). The predicted molar refractivity (Wildman–Crippen MR) is 73.2 cm³/mol. The van der Waals surface area contributed by atoms with Crippen molar-refractivity contribution < 1.29 is 19.4 Å². The molecule has 1 atom stereocenters. The Hall–Kier alpha value is -1.30. The number of hydrogen-bond acceptors (Lipinski definition) is 3. The van der Waals surface area contributed by atoms with Crippen LogP contribution in [0.4, 0.5) is 4.79 Å². The van der Waals surface area contributed by atoms with Gasteiger partial charge in [-0.05, 0) is 33.1 Å². The van der Waals surface area contributed by atoms with Crippen molar-refractivity contribution in [3.8, 4) is 0 Å². The normalized spacial score (nSPS) is 12.2. The largest absolute Gasteiger partial charge is 0.481 e. The van der Waals surface area contributed by atoms with E-state index >= 15 is 0 Å². The lowest BCUT2D eigenvalue weighted by Gasteiger charge is -2.15. The molecule has 19 heavy (non-hydrogen) atoms. The van der Waals surface area contributed by atoms with Crippen molar-refractivity contribution in [2.45, 2.75) is 58.6 Å². The molecule has 0 aromatic carbocycles. The maximum absolute atomic E-state index is 11.5. The first-order valence-electron chi connectivity index (χ1n) is 6.83. The number of carbonyl (C=O) groups is 2. The van der Waals surface area contributed by atoms with Crippen LogP contribution in [-0.4, -0.2) is 42.4 Å². The highest BCUT2D eigenvalue weighted by atomic mass is 16.5. The number of carboxylic acid groups (broad SMARTS) is 1. The monoisotopic (exact) mass is 274 g/mol. The second-order valence-corrected chi connectivity index (χ2v) is 4.73. The van der Waals surface area contributed by atoms with Crippen molar-refractivity contribution in [1.29, 1.82) is 0 Å². The average Bonchev–Trinajstić information content (AvgIpc) is 2.31. The summed E-state index contributed by atoms with van der Waals surface area (Å²) in [7, 11) is 0. The highest BCUT2D eigenvalue weighted by Gasteiger charge is 2.13. The smallest absolute Gasteiger partial charge is 0.315 e. The van der Waals surface area contributed by atoms with Crippen molar-refractivity contribution in [2.24, 2.45) is 0 Å². The fourth-order valence-electron chi connectivity index (χ4n) is 1.49. The third-order valence-electron chi connectivity index (χ3n) is 2.56. The van der Waals surface area contributed by atoms with Crippen LogP contribution in [0.15, 0.2) is 0 Å². The van der Waals surface area contributed by atoms with Crippen LogP contribution >= 0.6 is 0 Å². The number of nitrogens with one attached hydrogen (secondary N) is 2. The Morgan fingerprint density at radius 1 is 1.26 bits per heavy atom. The molecule has 0 saturated carbocycles. The molecule has 0 aliphatic rings. The van der Waals surface area contributed by atoms with E-state index < -0.39 is 5.97 Å². The lowest BCUT2D eigenvalue weighted by atomic mass is 10.1. The van der Waals surface area contributed by atoms with E-state index in [1.807, 2.05) is 20.8 Å². The summed E-state index contributed by atoms with van der Waals surface area (Å²) in [6, 6.07) is -0.625. The third-order valence-corrected chi connectivity index (χ3v) is 2.56. The summed E-state index contributed by atoms with van der Waals surface area (Å²) in [5.41, 5.74) is 0. The number of amides is 2. The molecule has 0 bridgehead atoms. The van der Waals surface area contributed by atoms with E-state index in [9.17, 15) is 9.59 Å². The highest BCUT2D eigenvalue weighted by molar-refractivity contribution is 5.75. The quantitative estimate of drug-likeness (QED) is 0.530. The maximum atomic E-state index is 11.5. The molecule has 0 aliphatic carbocycles. The zero-order valence-electron chi connectivity index (χ0n) is 12.1. The number of unbranched alkanes of at least 4 members (excludes halogenated alkanes) is 1. The first kappa shape index (κ1) is 17.7. The second kappa shape index (κ2) is 10.6. The molecule has 0 heterocycles. The second-order valence-electron chi connectivity index (χ2n) is 4.73. The molecule has 0 radical (unpaired) electrons. The fourth-order valence-corrected chi connectivity index (χ4v) is 1.49. The van der Waals surface area contributed by atoms with Gasteiger partial charge in [0, 0.05) is 19.2 Å². The first-order chi connectivity index (χ1) is 8.95. The summed E-state index contributed by atoms with van der Waals surface area (Å²) in [4.78, 5) is 22.0. The van der Waals surface area contributed by atoms with Crippen LogP contribution < -0.4 is 10.6 Å². The maximum Gasteiger partial charge on any atom is 0.315 e. The van der Waals surface area contributed by atoms with Gasteiger partial charge in [0.25, 0.3) is 0 Å². The van der Waals surface area contributed by atoms with Crippen LogP contribution in [0.1, 0.15) is 46.5 Å². The minimum absolute atomic E-state index is 0.0495. The van der Waals surface area contributed by atoms with Gasteiger partial charge in [-0.1, -0.05) is 6.92 Å². The fraction of sp³-hybridized carbons (Fsp3) is 0.846. The molecule has 0 rings (SSSR count). The highest BCUT2D eigenvalue weighted by Crippen LogP contribution is 1.97. The minimum atomic E-state index is -0.905. The van der Waals surface area contributed by atoms with Crippen molar-refractivity contribution in [2.75, 3.05) is 13.2 Å². The van der Waals surface area contributed by atoms with Crippen LogP contribution in [-0.2, 0) is 9.53 Å². The Balaban J connectivity index is 3.60. The van der Waals surface area contributed by atoms with Crippen LogP contribution in [0, 0.1) is 0 Å². The average molecular weight is 274 g/mol. The predicted octanol–water partition coefficient (Wildman–Crippen LogP) is 1.74. The zero-order valence-corrected chi connectivity index (χ0v) is 12.1. The van der Waals surface area contributed by atoms with E-state index in [4.69, 9.17) is 9.84 Å². The van der Waals surface area contributed by atoms with Gasteiger partial charge in [-0.15, -0.1) is 0 Å². The van der Waals surface area contributed by atoms with E-state index in [0.717, 1.165) is 12.8 Å². The molecular weight excluding hydrogens is 248 g/mol. The van der Waals surface area contributed by atoms with E-state index in [0.29, 0.717) is 19.6 Å². The van der Waals surface area contributed by atoms with Gasteiger partial charge in [-0.25, -0.2) is 4.79 Å². The number of carbonyl (C=O) groups excluding carboxylic acids is 1. The topological polar surface area (TPSA) is 87.7 Å². The van der Waals surface area contributed by atoms with Gasteiger partial charge in [0.15, 0.2) is 0 Å². The van der Waals surface area contributed by atoms with Crippen LogP contribution in [0.25, 0.3) is 0 Å².